The molecule has 0 saturated heterocycles. The number of carbonyl (C=O) groups excluding carboxylic acids is 1. The van der Waals surface area contributed by atoms with Crippen molar-refractivity contribution in [2.45, 2.75) is 12.3 Å². The molecule has 0 heterocycles. The highest BCUT2D eigenvalue weighted by Crippen LogP contribution is 2.37. The lowest BCUT2D eigenvalue weighted by atomic mass is 9.78. The Hall–Kier alpha value is -2.29. The molecule has 0 fully saturated rings. The lowest BCUT2D eigenvalue weighted by molar-refractivity contribution is 0.111. The molecule has 3 nitrogen and oxygen atoms in total. The summed E-state index contributed by atoms with van der Waals surface area (Å²) in [5.41, 5.74) is 3.25. The Morgan fingerprint density at radius 1 is 1.20 bits per heavy atom. The van der Waals surface area contributed by atoms with E-state index in [1.54, 1.807) is 25.3 Å². The van der Waals surface area contributed by atoms with Crippen molar-refractivity contribution >= 4 is 6.29 Å². The van der Waals surface area contributed by atoms with Gasteiger partial charge < -0.3 is 9.47 Å². The molecule has 3 rings (SSSR count). The van der Waals surface area contributed by atoms with Gasteiger partial charge in [-0.25, -0.2) is 0 Å². The first kappa shape index (κ1) is 12.7. The third-order valence-corrected chi connectivity index (χ3v) is 3.75. The molecule has 102 valence electrons. The average Bonchev–Trinajstić information content (AvgIpc) is 2.48. The fourth-order valence-corrected chi connectivity index (χ4v) is 2.64. The first-order valence-corrected chi connectivity index (χ1v) is 6.66. The summed E-state index contributed by atoms with van der Waals surface area (Å²) in [6.45, 7) is 0.568. The van der Waals surface area contributed by atoms with Gasteiger partial charge in [0.15, 0.2) is 17.8 Å². The van der Waals surface area contributed by atoms with E-state index in [0.717, 1.165) is 12.7 Å². The second kappa shape index (κ2) is 5.37. The Bertz CT molecular complexity index is 634. The van der Waals surface area contributed by atoms with Gasteiger partial charge in [-0.1, -0.05) is 30.3 Å². The van der Waals surface area contributed by atoms with Crippen LogP contribution < -0.4 is 9.47 Å². The Morgan fingerprint density at radius 3 is 2.80 bits per heavy atom. The van der Waals surface area contributed by atoms with E-state index >= 15 is 0 Å². The Balaban J connectivity index is 1.75. The maximum absolute atomic E-state index is 11.1. The van der Waals surface area contributed by atoms with Gasteiger partial charge in [0.2, 0.25) is 0 Å². The summed E-state index contributed by atoms with van der Waals surface area (Å²) < 4.78 is 11.1. The van der Waals surface area contributed by atoms with Crippen LogP contribution in [0, 0.1) is 0 Å². The number of rotatable bonds is 5. The lowest BCUT2D eigenvalue weighted by Gasteiger charge is -2.30. The summed E-state index contributed by atoms with van der Waals surface area (Å²) in [5.74, 6) is 1.53. The summed E-state index contributed by atoms with van der Waals surface area (Å²) in [7, 11) is 1.58. The first-order chi connectivity index (χ1) is 9.83. The van der Waals surface area contributed by atoms with Crippen molar-refractivity contribution in [2.24, 2.45) is 0 Å². The summed E-state index contributed by atoms with van der Waals surface area (Å²) >= 11 is 0. The van der Waals surface area contributed by atoms with Crippen LogP contribution in [-0.2, 0) is 6.42 Å². The van der Waals surface area contributed by atoms with Crippen molar-refractivity contribution in [3.05, 3.63) is 59.2 Å². The van der Waals surface area contributed by atoms with Crippen molar-refractivity contribution in [2.75, 3.05) is 13.7 Å². The van der Waals surface area contributed by atoms with Gasteiger partial charge in [0.05, 0.1) is 19.3 Å². The summed E-state index contributed by atoms with van der Waals surface area (Å²) in [5, 5.41) is 0. The van der Waals surface area contributed by atoms with Crippen LogP contribution in [0.3, 0.4) is 0 Å². The van der Waals surface area contributed by atoms with Crippen LogP contribution in [0.25, 0.3) is 0 Å². The topological polar surface area (TPSA) is 35.5 Å². The second-order valence-electron chi connectivity index (χ2n) is 4.91. The number of carbonyl (C=O) groups is 1. The molecule has 2 aromatic carbocycles. The fourth-order valence-electron chi connectivity index (χ4n) is 2.64. The molecule has 1 unspecified atom stereocenters. The monoisotopic (exact) mass is 268 g/mol. The van der Waals surface area contributed by atoms with E-state index in [1.807, 2.05) is 6.07 Å². The zero-order chi connectivity index (χ0) is 13.9. The Labute approximate surface area is 118 Å². The van der Waals surface area contributed by atoms with Crippen molar-refractivity contribution < 1.29 is 14.3 Å². The molecular formula is C17H16O3. The first-order valence-electron chi connectivity index (χ1n) is 6.66. The Morgan fingerprint density at radius 2 is 2.05 bits per heavy atom. The molecule has 0 spiro atoms. The van der Waals surface area contributed by atoms with Gasteiger partial charge in [-0.05, 0) is 29.7 Å². The minimum atomic E-state index is 0.399. The molecule has 0 N–H and O–H groups in total. The van der Waals surface area contributed by atoms with Crippen molar-refractivity contribution in [1.29, 1.82) is 0 Å². The summed E-state index contributed by atoms with van der Waals surface area (Å²) in [4.78, 5) is 11.1. The maximum atomic E-state index is 11.1. The van der Waals surface area contributed by atoms with Gasteiger partial charge in [-0.15, -0.1) is 0 Å². The molecule has 2 aromatic rings. The standard InChI is InChI=1S/C17H16O3/c1-19-16-8-4-6-13(10-18)17(16)20-11-14-9-12-5-2-3-7-15(12)14/h2-8,10,14H,9,11H2,1H3. The average molecular weight is 268 g/mol. The van der Waals surface area contributed by atoms with E-state index in [-0.39, 0.29) is 0 Å². The van der Waals surface area contributed by atoms with Crippen LogP contribution in [0.1, 0.15) is 27.4 Å². The van der Waals surface area contributed by atoms with Gasteiger partial charge in [-0.3, -0.25) is 4.79 Å². The molecule has 0 bridgehead atoms. The molecule has 3 heteroatoms. The molecule has 0 amide bonds. The number of benzene rings is 2. The highest BCUT2D eigenvalue weighted by Gasteiger charge is 2.26. The van der Waals surface area contributed by atoms with Crippen LogP contribution in [0.15, 0.2) is 42.5 Å². The molecule has 1 aliphatic carbocycles. The zero-order valence-corrected chi connectivity index (χ0v) is 11.3. The molecular weight excluding hydrogens is 252 g/mol. The summed E-state index contributed by atoms with van der Waals surface area (Å²) in [6, 6.07) is 13.7. The molecule has 20 heavy (non-hydrogen) atoms. The largest absolute Gasteiger partial charge is 0.493 e. The molecule has 1 atom stereocenters. The normalized spacial score (nSPS) is 15.9. The number of para-hydroxylation sites is 1. The van der Waals surface area contributed by atoms with E-state index in [1.165, 1.54) is 11.1 Å². The van der Waals surface area contributed by atoms with Gasteiger partial charge in [0.25, 0.3) is 0 Å². The minimum absolute atomic E-state index is 0.399. The maximum Gasteiger partial charge on any atom is 0.171 e. The molecule has 0 aromatic heterocycles. The van der Waals surface area contributed by atoms with Gasteiger partial charge >= 0.3 is 0 Å². The molecule has 0 saturated carbocycles. The van der Waals surface area contributed by atoms with E-state index in [4.69, 9.17) is 9.47 Å². The number of hydrogen-bond acceptors (Lipinski definition) is 3. The van der Waals surface area contributed by atoms with Crippen LogP contribution >= 0.6 is 0 Å². The van der Waals surface area contributed by atoms with E-state index in [9.17, 15) is 4.79 Å². The van der Waals surface area contributed by atoms with E-state index < -0.39 is 0 Å². The van der Waals surface area contributed by atoms with Crippen LogP contribution in [0.5, 0.6) is 11.5 Å². The zero-order valence-electron chi connectivity index (χ0n) is 11.3. The highest BCUT2D eigenvalue weighted by molar-refractivity contribution is 5.81. The van der Waals surface area contributed by atoms with Crippen LogP contribution in [0.4, 0.5) is 0 Å². The lowest BCUT2D eigenvalue weighted by Crippen LogP contribution is -2.23. The SMILES string of the molecule is COc1cccc(C=O)c1OCC1Cc2ccccc21. The minimum Gasteiger partial charge on any atom is -0.493 e. The van der Waals surface area contributed by atoms with E-state index in [2.05, 4.69) is 18.2 Å². The fraction of sp³-hybridized carbons (Fsp3) is 0.235. The summed E-state index contributed by atoms with van der Waals surface area (Å²) in [6.07, 6.45) is 1.83. The van der Waals surface area contributed by atoms with Crippen molar-refractivity contribution in [1.82, 2.24) is 0 Å². The quantitative estimate of drug-likeness (QED) is 0.781. The smallest absolute Gasteiger partial charge is 0.171 e. The highest BCUT2D eigenvalue weighted by atomic mass is 16.5. The molecule has 1 aliphatic rings. The number of hydrogen-bond donors (Lipinski definition) is 0. The van der Waals surface area contributed by atoms with E-state index in [0.29, 0.717) is 29.6 Å². The van der Waals surface area contributed by atoms with Crippen molar-refractivity contribution in [3.63, 3.8) is 0 Å². The predicted molar refractivity (Wildman–Crippen MR) is 76.8 cm³/mol. The Kier molecular flexibility index (Phi) is 3.42. The van der Waals surface area contributed by atoms with Crippen LogP contribution in [0.2, 0.25) is 0 Å². The predicted octanol–water partition coefficient (Wildman–Crippen LogP) is 3.23. The molecule has 0 aliphatic heterocycles. The number of fused-ring (bicyclic) bond motifs is 1. The number of ether oxygens (including phenoxy) is 2. The van der Waals surface area contributed by atoms with Crippen molar-refractivity contribution in [3.8, 4) is 11.5 Å². The van der Waals surface area contributed by atoms with Crippen LogP contribution in [-0.4, -0.2) is 20.0 Å². The van der Waals surface area contributed by atoms with Gasteiger partial charge in [0.1, 0.15) is 0 Å². The second-order valence-corrected chi connectivity index (χ2v) is 4.91. The third-order valence-electron chi connectivity index (χ3n) is 3.75. The number of aldehydes is 1. The van der Waals surface area contributed by atoms with Gasteiger partial charge in [-0.2, -0.15) is 0 Å². The van der Waals surface area contributed by atoms with Gasteiger partial charge in [0, 0.05) is 5.92 Å². The third kappa shape index (κ3) is 2.16. The molecule has 0 radical (unpaired) electrons. The number of methoxy groups -OCH3 is 1.